The molecule has 12 aromatic rings. The molecule has 0 aliphatic heterocycles. The van der Waals surface area contributed by atoms with Crippen LogP contribution < -0.4 is 0 Å². The van der Waals surface area contributed by atoms with Gasteiger partial charge in [0, 0.05) is 27.6 Å². The molecular weight excluding hydrogens is 751 g/mol. The molecule has 0 aliphatic rings. The highest BCUT2D eigenvalue weighted by Gasteiger charge is 2.17. The number of rotatable bonds is 6. The van der Waals surface area contributed by atoms with Gasteiger partial charge in [0.15, 0.2) is 5.82 Å². The van der Waals surface area contributed by atoms with Crippen molar-refractivity contribution in [2.75, 3.05) is 0 Å². The molecule has 0 saturated heterocycles. The van der Waals surface area contributed by atoms with E-state index in [1.807, 2.05) is 12.1 Å². The van der Waals surface area contributed by atoms with E-state index in [-0.39, 0.29) is 0 Å². The van der Waals surface area contributed by atoms with Crippen molar-refractivity contribution in [3.63, 3.8) is 0 Å². The quantitative estimate of drug-likeness (QED) is 0.158. The van der Waals surface area contributed by atoms with Crippen molar-refractivity contribution in [2.45, 2.75) is 0 Å². The molecule has 0 atom stereocenters. The molecule has 62 heavy (non-hydrogen) atoms. The lowest BCUT2D eigenvalue weighted by Crippen LogP contribution is -1.96. The molecule has 12 rings (SSSR count). The maximum Gasteiger partial charge on any atom is 0.160 e. The molecule has 0 fully saturated rings. The topological polar surface area (TPSA) is 38.7 Å². The number of pyridine rings is 1. The van der Waals surface area contributed by atoms with E-state index < -0.39 is 0 Å². The first-order chi connectivity index (χ1) is 30.7. The first-order valence-corrected chi connectivity index (χ1v) is 21.1. The zero-order valence-corrected chi connectivity index (χ0v) is 33.7. The van der Waals surface area contributed by atoms with Crippen molar-refractivity contribution >= 4 is 54.0 Å². The minimum atomic E-state index is 0.685. The van der Waals surface area contributed by atoms with Gasteiger partial charge in [0.05, 0.1) is 22.6 Å². The van der Waals surface area contributed by atoms with Gasteiger partial charge in [-0.15, -0.1) is 0 Å². The molecule has 0 saturated carbocycles. The Kier molecular flexibility index (Phi) is 8.50. The van der Waals surface area contributed by atoms with E-state index in [9.17, 15) is 0 Å². The van der Waals surface area contributed by atoms with Crippen molar-refractivity contribution in [1.82, 2.24) is 15.0 Å². The Hall–Kier alpha value is -8.27. The summed E-state index contributed by atoms with van der Waals surface area (Å²) in [6.45, 7) is 0. The van der Waals surface area contributed by atoms with Crippen molar-refractivity contribution in [3.05, 3.63) is 224 Å². The number of fused-ring (bicyclic) bond motifs is 7. The van der Waals surface area contributed by atoms with Gasteiger partial charge in [0.25, 0.3) is 0 Å². The Bertz CT molecular complexity index is 3610. The summed E-state index contributed by atoms with van der Waals surface area (Å²) in [6, 6.07) is 80.0. The number of hydrogen-bond acceptors (Lipinski definition) is 3. The largest absolute Gasteiger partial charge is 0.248 e. The zero-order chi connectivity index (χ0) is 41.0. The second kappa shape index (κ2) is 14.8. The lowest BCUT2D eigenvalue weighted by molar-refractivity contribution is 1.18. The van der Waals surface area contributed by atoms with Crippen LogP contribution >= 0.6 is 0 Å². The minimum Gasteiger partial charge on any atom is -0.248 e. The van der Waals surface area contributed by atoms with Crippen LogP contribution in [0.3, 0.4) is 0 Å². The first-order valence-electron chi connectivity index (χ1n) is 21.1. The van der Waals surface area contributed by atoms with Gasteiger partial charge in [0.1, 0.15) is 0 Å². The fraction of sp³-hybridized carbons (Fsp3) is 0. The molecule has 2 aromatic heterocycles. The van der Waals surface area contributed by atoms with Gasteiger partial charge in [-0.25, -0.2) is 15.0 Å². The summed E-state index contributed by atoms with van der Waals surface area (Å²) in [6.07, 6.45) is 0. The third-order valence-electron chi connectivity index (χ3n) is 12.3. The maximum absolute atomic E-state index is 5.46. The van der Waals surface area contributed by atoms with Crippen LogP contribution in [0.1, 0.15) is 0 Å². The molecule has 10 aromatic carbocycles. The monoisotopic (exact) mass is 787 g/mol. The van der Waals surface area contributed by atoms with E-state index in [2.05, 4.69) is 212 Å². The molecule has 3 nitrogen and oxygen atoms in total. The molecule has 0 amide bonds. The highest BCUT2D eigenvalue weighted by molar-refractivity contribution is 6.16. The molecule has 0 bridgehead atoms. The first kappa shape index (κ1) is 35.7. The molecule has 0 aliphatic carbocycles. The third kappa shape index (κ3) is 6.18. The summed E-state index contributed by atoms with van der Waals surface area (Å²) in [5.41, 5.74) is 12.4. The van der Waals surface area contributed by atoms with E-state index in [1.54, 1.807) is 0 Å². The normalized spacial score (nSPS) is 11.5. The van der Waals surface area contributed by atoms with Gasteiger partial charge >= 0.3 is 0 Å². The highest BCUT2D eigenvalue weighted by atomic mass is 14.9. The molecule has 0 radical (unpaired) electrons. The predicted molar refractivity (Wildman–Crippen MR) is 260 cm³/mol. The summed E-state index contributed by atoms with van der Waals surface area (Å²) in [5, 5.41) is 10.9. The van der Waals surface area contributed by atoms with Crippen LogP contribution in [0.2, 0.25) is 0 Å². The number of nitrogens with zero attached hydrogens (tertiary/aromatic N) is 3. The van der Waals surface area contributed by atoms with Crippen molar-refractivity contribution in [3.8, 4) is 67.4 Å². The van der Waals surface area contributed by atoms with E-state index >= 15 is 0 Å². The van der Waals surface area contributed by atoms with Crippen LogP contribution in [0.15, 0.2) is 224 Å². The van der Waals surface area contributed by atoms with Gasteiger partial charge in [0.2, 0.25) is 0 Å². The Morgan fingerprint density at radius 2 is 0.677 bits per heavy atom. The Labute approximate surface area is 359 Å². The Morgan fingerprint density at radius 1 is 0.226 bits per heavy atom. The van der Waals surface area contributed by atoms with E-state index in [4.69, 9.17) is 15.0 Å². The summed E-state index contributed by atoms with van der Waals surface area (Å²) in [5.74, 6) is 0.685. The Balaban J connectivity index is 1.06. The van der Waals surface area contributed by atoms with Crippen LogP contribution in [-0.4, -0.2) is 15.0 Å². The lowest BCUT2D eigenvalue weighted by atomic mass is 9.90. The number of aromatic nitrogens is 3. The van der Waals surface area contributed by atoms with E-state index in [1.165, 1.54) is 48.7 Å². The van der Waals surface area contributed by atoms with Crippen LogP contribution in [0.4, 0.5) is 0 Å². The second-order valence-electron chi connectivity index (χ2n) is 15.9. The maximum atomic E-state index is 5.46. The molecule has 0 N–H and O–H groups in total. The van der Waals surface area contributed by atoms with Gasteiger partial charge in [-0.05, 0) is 102 Å². The molecule has 3 heteroatoms. The lowest BCUT2D eigenvalue weighted by Gasteiger charge is -2.16. The van der Waals surface area contributed by atoms with E-state index in [0.29, 0.717) is 5.82 Å². The number of benzene rings is 10. The van der Waals surface area contributed by atoms with Gasteiger partial charge in [-0.1, -0.05) is 188 Å². The molecule has 0 unspecified atom stereocenters. The summed E-state index contributed by atoms with van der Waals surface area (Å²) < 4.78 is 0. The average Bonchev–Trinajstić information content (AvgIpc) is 3.36. The fourth-order valence-corrected chi connectivity index (χ4v) is 9.22. The van der Waals surface area contributed by atoms with Crippen LogP contribution in [0, 0.1) is 0 Å². The predicted octanol–water partition coefficient (Wildman–Crippen LogP) is 15.6. The van der Waals surface area contributed by atoms with Crippen molar-refractivity contribution in [2.24, 2.45) is 0 Å². The SMILES string of the molecule is c1ccc(-c2cc(-c3ccccc3)nc(-c3ccc(-c4cc(-c5cc6ccccc6c6ccccc56)nc5ccc(-c6cc7ccccc7c7ccccc67)cc45)cc3)n2)cc1. The van der Waals surface area contributed by atoms with Crippen molar-refractivity contribution in [1.29, 1.82) is 0 Å². The molecular formula is C59H37N3. The molecule has 2 heterocycles. The smallest absolute Gasteiger partial charge is 0.160 e. The van der Waals surface area contributed by atoms with Crippen molar-refractivity contribution < 1.29 is 0 Å². The summed E-state index contributed by atoms with van der Waals surface area (Å²) in [4.78, 5) is 15.7. The van der Waals surface area contributed by atoms with Crippen LogP contribution in [-0.2, 0) is 0 Å². The molecule has 288 valence electrons. The third-order valence-corrected chi connectivity index (χ3v) is 12.3. The highest BCUT2D eigenvalue weighted by Crippen LogP contribution is 2.41. The zero-order valence-electron chi connectivity index (χ0n) is 33.7. The van der Waals surface area contributed by atoms with Crippen LogP contribution in [0.25, 0.3) is 121 Å². The standard InChI is InChI=1S/C59H37N3/c1-3-15-39(16-4-1)56-37-57(40-17-5-2-6-18-40)62-59(61-56)41-29-27-38(28-30-41)52-36-58(53-34-43-20-8-10-22-46(43)48-24-12-14-26-50(48)53)60-55-32-31-44(35-54(52)55)51-33-42-19-7-9-21-45(42)47-23-11-13-25-49(47)51/h1-37H. The van der Waals surface area contributed by atoms with E-state index in [0.717, 1.165) is 66.9 Å². The average molecular weight is 788 g/mol. The summed E-state index contributed by atoms with van der Waals surface area (Å²) >= 11 is 0. The van der Waals surface area contributed by atoms with Gasteiger partial charge < -0.3 is 0 Å². The Morgan fingerprint density at radius 3 is 1.27 bits per heavy atom. The minimum absolute atomic E-state index is 0.685. The van der Waals surface area contributed by atoms with Gasteiger partial charge in [-0.2, -0.15) is 0 Å². The molecule has 0 spiro atoms. The fourth-order valence-electron chi connectivity index (χ4n) is 9.22. The number of hydrogen-bond donors (Lipinski definition) is 0. The second-order valence-corrected chi connectivity index (χ2v) is 15.9. The van der Waals surface area contributed by atoms with Gasteiger partial charge in [-0.3, -0.25) is 0 Å². The van der Waals surface area contributed by atoms with Crippen LogP contribution in [0.5, 0.6) is 0 Å². The summed E-state index contributed by atoms with van der Waals surface area (Å²) in [7, 11) is 0.